The monoisotopic (exact) mass is 387 g/mol. The van der Waals surface area contributed by atoms with E-state index in [0.29, 0.717) is 11.7 Å². The fourth-order valence-corrected chi connectivity index (χ4v) is 3.84. The fraction of sp³-hybridized carbons (Fsp3) is 0.421. The van der Waals surface area contributed by atoms with Gasteiger partial charge in [-0.05, 0) is 44.1 Å². The highest BCUT2D eigenvalue weighted by atomic mass is 32.1. The molecule has 1 aromatic carbocycles. The number of amides is 2. The molecular weight excluding hydrogens is 362 g/mol. The molecule has 27 heavy (non-hydrogen) atoms. The van der Waals surface area contributed by atoms with Gasteiger partial charge in [0.1, 0.15) is 0 Å². The predicted molar refractivity (Wildman–Crippen MR) is 108 cm³/mol. The van der Waals surface area contributed by atoms with Crippen LogP contribution in [0.1, 0.15) is 23.6 Å². The quantitative estimate of drug-likeness (QED) is 0.766. The normalized spacial score (nSPS) is 14.6. The van der Waals surface area contributed by atoms with Crippen molar-refractivity contribution in [2.24, 2.45) is 0 Å². The highest BCUT2D eigenvalue weighted by Crippen LogP contribution is 2.29. The maximum Gasteiger partial charge on any atom is 0.315 e. The van der Waals surface area contributed by atoms with Gasteiger partial charge >= 0.3 is 11.8 Å². The van der Waals surface area contributed by atoms with Crippen LogP contribution < -0.4 is 15.5 Å². The summed E-state index contributed by atoms with van der Waals surface area (Å²) < 4.78 is 0. The van der Waals surface area contributed by atoms with Crippen molar-refractivity contribution in [3.05, 3.63) is 40.9 Å². The van der Waals surface area contributed by atoms with Crippen LogP contribution in [0.4, 0.5) is 10.8 Å². The van der Waals surface area contributed by atoms with E-state index in [1.807, 2.05) is 19.0 Å². The number of carbonyl (C=O) groups is 2. The van der Waals surface area contributed by atoms with Crippen molar-refractivity contribution in [1.82, 2.24) is 15.2 Å². The molecule has 0 spiro atoms. The molecule has 0 fully saturated rings. The van der Waals surface area contributed by atoms with E-state index < -0.39 is 11.8 Å². The van der Waals surface area contributed by atoms with E-state index in [2.05, 4.69) is 45.8 Å². The summed E-state index contributed by atoms with van der Waals surface area (Å²) in [7, 11) is 6.05. The van der Waals surface area contributed by atoms with Crippen molar-refractivity contribution in [1.29, 1.82) is 0 Å². The third-order valence-electron chi connectivity index (χ3n) is 4.78. The van der Waals surface area contributed by atoms with Crippen LogP contribution in [0.2, 0.25) is 0 Å². The largest absolute Gasteiger partial charge is 0.374 e. The van der Waals surface area contributed by atoms with Crippen molar-refractivity contribution in [2.75, 3.05) is 44.4 Å². The summed E-state index contributed by atoms with van der Waals surface area (Å²) in [5.41, 5.74) is 3.74. The molecule has 1 atom stereocenters. The Balaban J connectivity index is 1.66. The van der Waals surface area contributed by atoms with Gasteiger partial charge in [0.05, 0.1) is 6.04 Å². The Labute approximate surface area is 163 Å². The number of benzene rings is 1. The van der Waals surface area contributed by atoms with Crippen molar-refractivity contribution >= 4 is 34.0 Å². The maximum atomic E-state index is 12.1. The average Bonchev–Trinajstić information content (AvgIpc) is 3.14. The number of anilines is 2. The second-order valence-corrected chi connectivity index (χ2v) is 7.79. The van der Waals surface area contributed by atoms with Crippen LogP contribution in [-0.2, 0) is 16.0 Å². The first-order valence-corrected chi connectivity index (χ1v) is 9.82. The number of hydrogen-bond donors (Lipinski definition) is 2. The molecule has 2 N–H and O–H groups in total. The van der Waals surface area contributed by atoms with Gasteiger partial charge in [0, 0.05) is 37.4 Å². The molecule has 2 aromatic rings. The number of nitrogens with one attached hydrogen (secondary N) is 2. The molecule has 0 aliphatic carbocycles. The van der Waals surface area contributed by atoms with E-state index in [9.17, 15) is 9.59 Å². The molecule has 2 amide bonds. The SMILES string of the molecule is CN1CCCc2cc(C(CNC(=O)C(=O)Nc3nccs3)N(C)C)ccc21. The highest BCUT2D eigenvalue weighted by molar-refractivity contribution is 7.13. The number of aromatic nitrogens is 1. The van der Waals surface area contributed by atoms with Gasteiger partial charge in [-0.15, -0.1) is 11.3 Å². The molecule has 8 heteroatoms. The van der Waals surface area contributed by atoms with Crippen molar-refractivity contribution < 1.29 is 9.59 Å². The second kappa shape index (κ2) is 8.49. The molecule has 2 heterocycles. The van der Waals surface area contributed by atoms with E-state index in [-0.39, 0.29) is 6.04 Å². The van der Waals surface area contributed by atoms with Gasteiger partial charge in [-0.1, -0.05) is 12.1 Å². The zero-order valence-corrected chi connectivity index (χ0v) is 16.7. The molecule has 144 valence electrons. The van der Waals surface area contributed by atoms with E-state index in [0.717, 1.165) is 24.9 Å². The van der Waals surface area contributed by atoms with Crippen LogP contribution in [0.25, 0.3) is 0 Å². The van der Waals surface area contributed by atoms with Crippen molar-refractivity contribution in [3.8, 4) is 0 Å². The first-order chi connectivity index (χ1) is 13.0. The lowest BCUT2D eigenvalue weighted by Gasteiger charge is -2.30. The number of aryl methyl sites for hydroxylation is 1. The van der Waals surface area contributed by atoms with Gasteiger partial charge in [0.2, 0.25) is 0 Å². The zero-order chi connectivity index (χ0) is 19.4. The minimum Gasteiger partial charge on any atom is -0.374 e. The van der Waals surface area contributed by atoms with E-state index in [4.69, 9.17) is 0 Å². The molecule has 1 aliphatic rings. The number of rotatable bonds is 5. The molecule has 0 bridgehead atoms. The van der Waals surface area contributed by atoms with Crippen LogP contribution in [0.15, 0.2) is 29.8 Å². The Bertz CT molecular complexity index is 806. The van der Waals surface area contributed by atoms with Crippen molar-refractivity contribution in [2.45, 2.75) is 18.9 Å². The van der Waals surface area contributed by atoms with Crippen LogP contribution in [0.3, 0.4) is 0 Å². The third kappa shape index (κ3) is 4.64. The van der Waals surface area contributed by atoms with Gasteiger partial charge in [-0.3, -0.25) is 14.9 Å². The summed E-state index contributed by atoms with van der Waals surface area (Å²) in [5.74, 6) is -1.36. The predicted octanol–water partition coefficient (Wildman–Crippen LogP) is 1.88. The lowest BCUT2D eigenvalue weighted by Crippen LogP contribution is -2.40. The van der Waals surface area contributed by atoms with Crippen LogP contribution >= 0.6 is 11.3 Å². The number of nitrogens with zero attached hydrogens (tertiary/aromatic N) is 3. The summed E-state index contributed by atoms with van der Waals surface area (Å²) in [6.07, 6.45) is 3.79. The van der Waals surface area contributed by atoms with E-state index >= 15 is 0 Å². The lowest BCUT2D eigenvalue weighted by atomic mass is 9.96. The number of fused-ring (bicyclic) bond motifs is 1. The molecule has 1 unspecified atom stereocenters. The Hall–Kier alpha value is -2.45. The first kappa shape index (κ1) is 19.3. The fourth-order valence-electron chi connectivity index (χ4n) is 3.32. The summed E-state index contributed by atoms with van der Waals surface area (Å²) >= 11 is 1.27. The Morgan fingerprint density at radius 1 is 1.33 bits per heavy atom. The van der Waals surface area contributed by atoms with E-state index in [1.54, 1.807) is 11.6 Å². The molecule has 1 aliphatic heterocycles. The zero-order valence-electron chi connectivity index (χ0n) is 15.9. The van der Waals surface area contributed by atoms with Gasteiger partial charge in [-0.2, -0.15) is 0 Å². The smallest absolute Gasteiger partial charge is 0.315 e. The summed E-state index contributed by atoms with van der Waals surface area (Å²) in [6.45, 7) is 1.43. The number of hydrogen-bond acceptors (Lipinski definition) is 6. The molecule has 0 saturated heterocycles. The average molecular weight is 388 g/mol. The van der Waals surface area contributed by atoms with Crippen LogP contribution in [0.5, 0.6) is 0 Å². The standard InChI is InChI=1S/C19H25N5O2S/c1-23(2)16(12-21-17(25)18(26)22-19-20-8-10-27-19)14-6-7-15-13(11-14)5-4-9-24(15)3/h6-8,10-11,16H,4-5,9,12H2,1-3H3,(H,21,25)(H,20,22,26). The van der Waals surface area contributed by atoms with Gasteiger partial charge in [0.15, 0.2) is 5.13 Å². The summed E-state index contributed by atoms with van der Waals surface area (Å²) in [4.78, 5) is 32.4. The molecule has 0 radical (unpaired) electrons. The van der Waals surface area contributed by atoms with Crippen molar-refractivity contribution in [3.63, 3.8) is 0 Å². The minimum atomic E-state index is -0.700. The Morgan fingerprint density at radius 3 is 2.85 bits per heavy atom. The number of thiazole rings is 1. The lowest BCUT2D eigenvalue weighted by molar-refractivity contribution is -0.136. The third-order valence-corrected chi connectivity index (χ3v) is 5.47. The topological polar surface area (TPSA) is 77.6 Å². The minimum absolute atomic E-state index is 0.0147. The van der Waals surface area contributed by atoms with Gasteiger partial charge < -0.3 is 15.1 Å². The summed E-state index contributed by atoms with van der Waals surface area (Å²) in [5, 5.41) is 7.39. The highest BCUT2D eigenvalue weighted by Gasteiger charge is 2.21. The molecule has 1 aromatic heterocycles. The first-order valence-electron chi connectivity index (χ1n) is 8.94. The Morgan fingerprint density at radius 2 is 2.15 bits per heavy atom. The van der Waals surface area contributed by atoms with Crippen LogP contribution in [-0.4, -0.2) is 55.9 Å². The molecular formula is C19H25N5O2S. The molecule has 0 saturated carbocycles. The van der Waals surface area contributed by atoms with Crippen LogP contribution in [0, 0.1) is 0 Å². The second-order valence-electron chi connectivity index (χ2n) is 6.89. The molecule has 3 rings (SSSR count). The van der Waals surface area contributed by atoms with E-state index in [1.165, 1.54) is 22.6 Å². The number of likely N-dealkylation sites (N-methyl/N-ethyl adjacent to an activating group) is 1. The molecule has 7 nitrogen and oxygen atoms in total. The van der Waals surface area contributed by atoms with Gasteiger partial charge in [0.25, 0.3) is 0 Å². The Kier molecular flexibility index (Phi) is 6.08. The number of carbonyl (C=O) groups excluding carboxylic acids is 2. The maximum absolute atomic E-state index is 12.1. The summed E-state index contributed by atoms with van der Waals surface area (Å²) in [6, 6.07) is 6.46. The van der Waals surface area contributed by atoms with Gasteiger partial charge in [-0.25, -0.2) is 4.98 Å².